The lowest BCUT2D eigenvalue weighted by Gasteiger charge is -1.97. The largest absolute Gasteiger partial charge is 0.379 e. The number of nitrogens with two attached hydrogens (primary N) is 1. The minimum absolute atomic E-state index is 0.613. The van der Waals surface area contributed by atoms with Gasteiger partial charge in [0.15, 0.2) is 0 Å². The van der Waals surface area contributed by atoms with E-state index in [1.54, 1.807) is 18.4 Å². The van der Waals surface area contributed by atoms with Crippen molar-refractivity contribution in [2.24, 2.45) is 5.73 Å². The van der Waals surface area contributed by atoms with Crippen molar-refractivity contribution in [3.05, 3.63) is 21.9 Å². The number of hydrogen-bond donors (Lipinski definition) is 1. The van der Waals surface area contributed by atoms with Gasteiger partial charge in [-0.3, -0.25) is 0 Å². The maximum absolute atomic E-state index is 5.48. The summed E-state index contributed by atoms with van der Waals surface area (Å²) in [5.41, 5.74) is 6.68. The standard InChI is InChI=1S/C7H11NOS/c1-9-5-7-6(4-8)2-3-10-7/h2-3H,4-5,8H2,1H3. The predicted octanol–water partition coefficient (Wildman–Crippen LogP) is 1.35. The van der Waals surface area contributed by atoms with E-state index in [1.807, 2.05) is 11.4 Å². The molecule has 0 saturated heterocycles. The molecular formula is C7H11NOS. The van der Waals surface area contributed by atoms with Crippen molar-refractivity contribution in [1.82, 2.24) is 0 Å². The first-order chi connectivity index (χ1) is 4.88. The molecular weight excluding hydrogens is 146 g/mol. The van der Waals surface area contributed by atoms with E-state index < -0.39 is 0 Å². The Bertz CT molecular complexity index is 197. The minimum atomic E-state index is 0.613. The Balaban J connectivity index is 2.70. The molecule has 0 spiro atoms. The Labute approximate surface area is 64.6 Å². The molecule has 1 heterocycles. The maximum atomic E-state index is 5.48. The van der Waals surface area contributed by atoms with E-state index in [4.69, 9.17) is 10.5 Å². The molecule has 0 aliphatic rings. The summed E-state index contributed by atoms with van der Waals surface area (Å²) < 4.78 is 4.98. The third-order valence-electron chi connectivity index (χ3n) is 1.33. The van der Waals surface area contributed by atoms with Crippen LogP contribution in [0.25, 0.3) is 0 Å². The first-order valence-electron chi connectivity index (χ1n) is 3.12. The zero-order valence-corrected chi connectivity index (χ0v) is 6.78. The molecule has 1 aromatic heterocycles. The fraction of sp³-hybridized carbons (Fsp3) is 0.429. The van der Waals surface area contributed by atoms with Gasteiger partial charge in [0.05, 0.1) is 6.61 Å². The lowest BCUT2D eigenvalue weighted by Crippen LogP contribution is -1.98. The second kappa shape index (κ2) is 3.71. The van der Waals surface area contributed by atoms with Crippen molar-refractivity contribution in [2.45, 2.75) is 13.2 Å². The van der Waals surface area contributed by atoms with Gasteiger partial charge in [0, 0.05) is 18.5 Å². The van der Waals surface area contributed by atoms with Gasteiger partial charge in [-0.2, -0.15) is 0 Å². The summed E-state index contributed by atoms with van der Waals surface area (Å²) in [5, 5.41) is 2.04. The molecule has 1 rings (SSSR count). The molecule has 0 radical (unpaired) electrons. The topological polar surface area (TPSA) is 35.2 Å². The van der Waals surface area contributed by atoms with Crippen LogP contribution >= 0.6 is 11.3 Å². The van der Waals surface area contributed by atoms with Crippen LogP contribution in [0, 0.1) is 0 Å². The summed E-state index contributed by atoms with van der Waals surface area (Å²) >= 11 is 1.69. The fourth-order valence-electron chi connectivity index (χ4n) is 0.807. The van der Waals surface area contributed by atoms with Crippen molar-refractivity contribution >= 4 is 11.3 Å². The normalized spacial score (nSPS) is 10.2. The summed E-state index contributed by atoms with van der Waals surface area (Å²) in [6.07, 6.45) is 0. The van der Waals surface area contributed by atoms with Gasteiger partial charge in [0.25, 0.3) is 0 Å². The highest BCUT2D eigenvalue weighted by atomic mass is 32.1. The molecule has 10 heavy (non-hydrogen) atoms. The molecule has 0 unspecified atom stereocenters. The second-order valence-electron chi connectivity index (χ2n) is 2.01. The predicted molar refractivity (Wildman–Crippen MR) is 42.9 cm³/mol. The van der Waals surface area contributed by atoms with Crippen LogP contribution in [0.5, 0.6) is 0 Å². The third-order valence-corrected chi connectivity index (χ3v) is 2.27. The van der Waals surface area contributed by atoms with E-state index in [2.05, 4.69) is 0 Å². The number of hydrogen-bond acceptors (Lipinski definition) is 3. The van der Waals surface area contributed by atoms with E-state index >= 15 is 0 Å². The van der Waals surface area contributed by atoms with E-state index in [1.165, 1.54) is 10.4 Å². The zero-order valence-electron chi connectivity index (χ0n) is 5.96. The van der Waals surface area contributed by atoms with Gasteiger partial charge in [-0.05, 0) is 17.0 Å². The molecule has 0 saturated carbocycles. The number of thiophene rings is 1. The van der Waals surface area contributed by atoms with Crippen molar-refractivity contribution < 1.29 is 4.74 Å². The first kappa shape index (κ1) is 7.72. The Morgan fingerprint density at radius 3 is 3.10 bits per heavy atom. The highest BCUT2D eigenvalue weighted by Gasteiger charge is 1.99. The third kappa shape index (κ3) is 1.56. The monoisotopic (exact) mass is 157 g/mol. The Morgan fingerprint density at radius 1 is 1.70 bits per heavy atom. The second-order valence-corrected chi connectivity index (χ2v) is 3.01. The van der Waals surface area contributed by atoms with Crippen LogP contribution in [-0.2, 0) is 17.9 Å². The Morgan fingerprint density at radius 2 is 2.50 bits per heavy atom. The van der Waals surface area contributed by atoms with Gasteiger partial charge < -0.3 is 10.5 Å². The minimum Gasteiger partial charge on any atom is -0.379 e. The van der Waals surface area contributed by atoms with Crippen LogP contribution < -0.4 is 5.73 Å². The highest BCUT2D eigenvalue weighted by molar-refractivity contribution is 7.10. The zero-order chi connectivity index (χ0) is 7.40. The van der Waals surface area contributed by atoms with Crippen LogP contribution in [0.1, 0.15) is 10.4 Å². The first-order valence-corrected chi connectivity index (χ1v) is 4.00. The number of ether oxygens (including phenoxy) is 1. The van der Waals surface area contributed by atoms with Crippen LogP contribution in [-0.4, -0.2) is 7.11 Å². The van der Waals surface area contributed by atoms with Gasteiger partial charge >= 0.3 is 0 Å². The Hall–Kier alpha value is -0.380. The van der Waals surface area contributed by atoms with Crippen LogP contribution in [0.4, 0.5) is 0 Å². The molecule has 0 atom stereocenters. The quantitative estimate of drug-likeness (QED) is 0.719. The van der Waals surface area contributed by atoms with E-state index in [0.29, 0.717) is 13.2 Å². The summed E-state index contributed by atoms with van der Waals surface area (Å²) in [6, 6.07) is 2.04. The molecule has 0 amide bonds. The van der Waals surface area contributed by atoms with E-state index in [0.717, 1.165) is 0 Å². The van der Waals surface area contributed by atoms with Crippen molar-refractivity contribution in [1.29, 1.82) is 0 Å². The molecule has 3 heteroatoms. The molecule has 2 nitrogen and oxygen atoms in total. The number of rotatable bonds is 3. The SMILES string of the molecule is COCc1sccc1CN. The summed E-state index contributed by atoms with van der Waals surface area (Å²) in [4.78, 5) is 1.24. The Kier molecular flexibility index (Phi) is 2.86. The summed E-state index contributed by atoms with van der Waals surface area (Å²) in [6.45, 7) is 1.30. The van der Waals surface area contributed by atoms with E-state index in [-0.39, 0.29) is 0 Å². The van der Waals surface area contributed by atoms with Crippen molar-refractivity contribution in [3.8, 4) is 0 Å². The van der Waals surface area contributed by atoms with E-state index in [9.17, 15) is 0 Å². The summed E-state index contributed by atoms with van der Waals surface area (Å²) in [5.74, 6) is 0. The molecule has 0 aliphatic heterocycles. The molecule has 2 N–H and O–H groups in total. The molecule has 0 aliphatic carbocycles. The average molecular weight is 157 g/mol. The molecule has 0 bridgehead atoms. The van der Waals surface area contributed by atoms with Crippen molar-refractivity contribution in [2.75, 3.05) is 7.11 Å². The molecule has 0 fully saturated rings. The lowest BCUT2D eigenvalue weighted by molar-refractivity contribution is 0.187. The van der Waals surface area contributed by atoms with Gasteiger partial charge in [-0.25, -0.2) is 0 Å². The molecule has 0 aromatic carbocycles. The van der Waals surface area contributed by atoms with Crippen LogP contribution in [0.15, 0.2) is 11.4 Å². The van der Waals surface area contributed by atoms with Gasteiger partial charge in [-0.1, -0.05) is 0 Å². The van der Waals surface area contributed by atoms with Crippen LogP contribution in [0.2, 0.25) is 0 Å². The van der Waals surface area contributed by atoms with Crippen LogP contribution in [0.3, 0.4) is 0 Å². The fourth-order valence-corrected chi connectivity index (χ4v) is 1.69. The lowest BCUT2D eigenvalue weighted by atomic mass is 10.3. The van der Waals surface area contributed by atoms with Gasteiger partial charge in [0.2, 0.25) is 0 Å². The van der Waals surface area contributed by atoms with Gasteiger partial charge in [0.1, 0.15) is 0 Å². The van der Waals surface area contributed by atoms with Crippen molar-refractivity contribution in [3.63, 3.8) is 0 Å². The summed E-state index contributed by atoms with van der Waals surface area (Å²) in [7, 11) is 1.69. The highest BCUT2D eigenvalue weighted by Crippen LogP contribution is 2.16. The smallest absolute Gasteiger partial charge is 0.0808 e. The number of methoxy groups -OCH3 is 1. The molecule has 1 aromatic rings. The molecule has 56 valence electrons. The average Bonchev–Trinajstić information content (AvgIpc) is 2.36. The maximum Gasteiger partial charge on any atom is 0.0808 e. The van der Waals surface area contributed by atoms with Gasteiger partial charge in [-0.15, -0.1) is 11.3 Å².